The summed E-state index contributed by atoms with van der Waals surface area (Å²) < 4.78 is 1.17. The van der Waals surface area contributed by atoms with Gasteiger partial charge in [-0.25, -0.2) is 9.97 Å². The maximum absolute atomic E-state index is 4.63. The summed E-state index contributed by atoms with van der Waals surface area (Å²) in [5.41, 5.74) is 2.63. The molecule has 4 heterocycles. The molecule has 0 spiro atoms. The Morgan fingerprint density at radius 1 is 0.882 bits per heavy atom. The second kappa shape index (κ2) is 3.18. The molecule has 80 valence electrons. The first-order valence-electron chi connectivity index (χ1n) is 5.16. The maximum atomic E-state index is 4.63. The highest BCUT2D eigenvalue weighted by Crippen LogP contribution is 2.31. The molecule has 5 heteroatoms. The summed E-state index contributed by atoms with van der Waals surface area (Å²) >= 11 is 1.64. The van der Waals surface area contributed by atoms with Crippen LogP contribution in [0.3, 0.4) is 0 Å². The molecular weight excluding hydrogens is 232 g/mol. The van der Waals surface area contributed by atoms with Crippen LogP contribution in [0.25, 0.3) is 31.5 Å². The van der Waals surface area contributed by atoms with Gasteiger partial charge in [-0.1, -0.05) is 0 Å². The van der Waals surface area contributed by atoms with E-state index in [1.807, 2.05) is 18.3 Å². The van der Waals surface area contributed by atoms with E-state index in [9.17, 15) is 0 Å². The quantitative estimate of drug-likeness (QED) is 0.472. The van der Waals surface area contributed by atoms with E-state index in [-0.39, 0.29) is 0 Å². The fourth-order valence-electron chi connectivity index (χ4n) is 1.89. The van der Waals surface area contributed by atoms with Crippen LogP contribution in [-0.4, -0.2) is 19.9 Å². The number of pyridine rings is 2. The SMILES string of the molecule is c1cc2nc3c(nc2cn1)sc1ccncc13. The number of fused-ring (bicyclic) bond motifs is 4. The monoisotopic (exact) mass is 238 g/mol. The van der Waals surface area contributed by atoms with Crippen molar-refractivity contribution in [3.8, 4) is 0 Å². The summed E-state index contributed by atoms with van der Waals surface area (Å²) in [4.78, 5) is 18.4. The molecular formula is C12H6N4S. The molecule has 0 N–H and O–H groups in total. The van der Waals surface area contributed by atoms with Crippen LogP contribution in [0.15, 0.2) is 36.9 Å². The number of hydrogen-bond acceptors (Lipinski definition) is 5. The van der Waals surface area contributed by atoms with E-state index in [0.29, 0.717) is 0 Å². The van der Waals surface area contributed by atoms with Gasteiger partial charge in [-0.3, -0.25) is 9.97 Å². The molecule has 0 aliphatic heterocycles. The van der Waals surface area contributed by atoms with Crippen LogP contribution >= 0.6 is 11.3 Å². The van der Waals surface area contributed by atoms with Crippen LogP contribution in [0.2, 0.25) is 0 Å². The fourth-order valence-corrected chi connectivity index (χ4v) is 2.88. The van der Waals surface area contributed by atoms with Crippen LogP contribution in [0, 0.1) is 0 Å². The minimum atomic E-state index is 0.833. The van der Waals surface area contributed by atoms with Crippen molar-refractivity contribution in [1.82, 2.24) is 19.9 Å². The van der Waals surface area contributed by atoms with Crippen LogP contribution < -0.4 is 0 Å². The summed E-state index contributed by atoms with van der Waals surface area (Å²) in [5.74, 6) is 0. The molecule has 0 aromatic carbocycles. The minimum Gasteiger partial charge on any atom is -0.264 e. The van der Waals surface area contributed by atoms with Crippen molar-refractivity contribution < 1.29 is 0 Å². The lowest BCUT2D eigenvalue weighted by Gasteiger charge is -1.95. The highest BCUT2D eigenvalue weighted by Gasteiger charge is 2.08. The Kier molecular flexibility index (Phi) is 1.67. The van der Waals surface area contributed by atoms with E-state index in [0.717, 1.165) is 26.8 Å². The second-order valence-corrected chi connectivity index (χ2v) is 4.75. The summed E-state index contributed by atoms with van der Waals surface area (Å²) in [6.45, 7) is 0. The van der Waals surface area contributed by atoms with Crippen LogP contribution in [0.1, 0.15) is 0 Å². The lowest BCUT2D eigenvalue weighted by atomic mass is 10.3. The standard InChI is InChI=1S/C12H6N4S/c1-3-14-6-9-8(1)15-11-7-5-13-4-2-10(7)17-12(11)16-9/h1-6H. The van der Waals surface area contributed by atoms with Crippen LogP contribution in [0.4, 0.5) is 0 Å². The maximum Gasteiger partial charge on any atom is 0.143 e. The molecule has 0 saturated heterocycles. The van der Waals surface area contributed by atoms with Gasteiger partial charge in [0.2, 0.25) is 0 Å². The zero-order valence-electron chi connectivity index (χ0n) is 8.66. The first kappa shape index (κ1) is 8.95. The summed E-state index contributed by atoms with van der Waals surface area (Å²) in [6.07, 6.45) is 7.11. The van der Waals surface area contributed by atoms with Gasteiger partial charge in [-0.05, 0) is 12.1 Å². The van der Waals surface area contributed by atoms with Crippen LogP contribution in [0.5, 0.6) is 0 Å². The topological polar surface area (TPSA) is 51.6 Å². The highest BCUT2D eigenvalue weighted by molar-refractivity contribution is 7.25. The largest absolute Gasteiger partial charge is 0.264 e. The molecule has 4 nitrogen and oxygen atoms in total. The van der Waals surface area contributed by atoms with Crippen molar-refractivity contribution in [2.24, 2.45) is 0 Å². The molecule has 0 amide bonds. The molecule has 0 aliphatic rings. The number of nitrogens with zero attached hydrogens (tertiary/aromatic N) is 4. The Morgan fingerprint density at radius 3 is 2.76 bits per heavy atom. The van der Waals surface area contributed by atoms with Crippen molar-refractivity contribution in [1.29, 1.82) is 0 Å². The van der Waals surface area contributed by atoms with Crippen molar-refractivity contribution >= 4 is 42.8 Å². The summed E-state index contributed by atoms with van der Waals surface area (Å²) in [5, 5.41) is 1.07. The first-order valence-corrected chi connectivity index (χ1v) is 5.97. The van der Waals surface area contributed by atoms with Gasteiger partial charge < -0.3 is 0 Å². The lowest BCUT2D eigenvalue weighted by molar-refractivity contribution is 1.31. The van der Waals surface area contributed by atoms with Crippen molar-refractivity contribution in [3.05, 3.63) is 36.9 Å². The fraction of sp³-hybridized carbons (Fsp3) is 0. The van der Waals surface area contributed by atoms with Gasteiger partial charge in [0.25, 0.3) is 0 Å². The van der Waals surface area contributed by atoms with Gasteiger partial charge in [-0.2, -0.15) is 0 Å². The number of aromatic nitrogens is 4. The number of thiophene rings is 1. The predicted octanol–water partition coefficient (Wildman–Crippen LogP) is 2.79. The van der Waals surface area contributed by atoms with Gasteiger partial charge in [0.15, 0.2) is 0 Å². The van der Waals surface area contributed by atoms with E-state index in [4.69, 9.17) is 0 Å². The van der Waals surface area contributed by atoms with E-state index in [1.165, 1.54) is 4.70 Å². The molecule has 0 aliphatic carbocycles. The number of hydrogen-bond donors (Lipinski definition) is 0. The zero-order valence-corrected chi connectivity index (χ0v) is 9.48. The molecule has 0 radical (unpaired) electrons. The smallest absolute Gasteiger partial charge is 0.143 e. The number of rotatable bonds is 0. The van der Waals surface area contributed by atoms with Gasteiger partial charge in [-0.15, -0.1) is 11.3 Å². The van der Waals surface area contributed by atoms with E-state index >= 15 is 0 Å². The Hall–Kier alpha value is -2.14. The lowest BCUT2D eigenvalue weighted by Crippen LogP contribution is -1.84. The Morgan fingerprint density at radius 2 is 1.76 bits per heavy atom. The highest BCUT2D eigenvalue weighted by atomic mass is 32.1. The molecule has 0 saturated carbocycles. The predicted molar refractivity (Wildman–Crippen MR) is 68.0 cm³/mol. The third-order valence-corrected chi connectivity index (χ3v) is 3.73. The van der Waals surface area contributed by atoms with E-state index in [2.05, 4.69) is 19.9 Å². The van der Waals surface area contributed by atoms with E-state index in [1.54, 1.807) is 29.9 Å². The minimum absolute atomic E-state index is 0.833. The Labute approximate surface area is 100.0 Å². The molecule has 0 fully saturated rings. The third-order valence-electron chi connectivity index (χ3n) is 2.68. The van der Waals surface area contributed by atoms with Gasteiger partial charge in [0.05, 0.1) is 11.7 Å². The Bertz CT molecular complexity index is 847. The molecule has 4 aromatic heterocycles. The van der Waals surface area contributed by atoms with E-state index < -0.39 is 0 Å². The molecule has 17 heavy (non-hydrogen) atoms. The normalized spacial score (nSPS) is 11.5. The average molecular weight is 238 g/mol. The summed E-state index contributed by atoms with van der Waals surface area (Å²) in [6, 6.07) is 3.87. The first-order chi connectivity index (χ1) is 8.42. The Balaban J connectivity index is 2.28. The second-order valence-electron chi connectivity index (χ2n) is 3.72. The molecule has 0 unspecified atom stereocenters. The molecule has 0 bridgehead atoms. The van der Waals surface area contributed by atoms with Crippen molar-refractivity contribution in [2.45, 2.75) is 0 Å². The van der Waals surface area contributed by atoms with Crippen molar-refractivity contribution in [2.75, 3.05) is 0 Å². The van der Waals surface area contributed by atoms with Crippen LogP contribution in [-0.2, 0) is 0 Å². The van der Waals surface area contributed by atoms with Gasteiger partial charge >= 0.3 is 0 Å². The zero-order chi connectivity index (χ0) is 11.2. The third kappa shape index (κ3) is 1.23. The summed E-state index contributed by atoms with van der Waals surface area (Å²) in [7, 11) is 0. The van der Waals surface area contributed by atoms with Gasteiger partial charge in [0, 0.05) is 28.7 Å². The average Bonchev–Trinajstić information content (AvgIpc) is 2.73. The molecule has 4 aromatic rings. The molecule has 0 atom stereocenters. The molecule has 4 rings (SSSR count). The van der Waals surface area contributed by atoms with Gasteiger partial charge in [0.1, 0.15) is 15.9 Å². The van der Waals surface area contributed by atoms with Crippen molar-refractivity contribution in [3.63, 3.8) is 0 Å².